The predicted molar refractivity (Wildman–Crippen MR) is 136 cm³/mol. The Labute approximate surface area is 227 Å². The molecule has 0 aliphatic carbocycles. The van der Waals surface area contributed by atoms with Crippen LogP contribution < -0.4 is 10.7 Å². The fraction of sp³-hybridized carbons (Fsp3) is 0.524. The third kappa shape index (κ3) is 7.13. The molecule has 1 aromatic heterocycles. The Kier molecular flexibility index (Phi) is 12.4. The maximum Gasteiger partial charge on any atom is 0.428 e. The van der Waals surface area contributed by atoms with E-state index in [1.807, 2.05) is 0 Å². The normalized spacial score (nSPS) is 12.7. The number of halogens is 1. The van der Waals surface area contributed by atoms with Gasteiger partial charge >= 0.3 is 21.2 Å². The molecule has 0 bridgehead atoms. The van der Waals surface area contributed by atoms with E-state index in [-0.39, 0.29) is 30.5 Å². The van der Waals surface area contributed by atoms with E-state index in [1.165, 1.54) is 17.7 Å². The Hall–Kier alpha value is -2.27. The zero-order valence-electron chi connectivity index (χ0n) is 22.3. The number of hydrogen-bond donors (Lipinski definition) is 3. The van der Waals surface area contributed by atoms with E-state index in [0.717, 1.165) is 40.7 Å². The molecule has 226 valence electrons. The van der Waals surface area contributed by atoms with Gasteiger partial charge in [-0.25, -0.2) is 28.7 Å². The average molecular weight is 616 g/mol. The number of nitrogens with one attached hydrogen (secondary N) is 1. The molecule has 1 heterocycles. The fourth-order valence-corrected chi connectivity index (χ4v) is 7.53. The summed E-state index contributed by atoms with van der Waals surface area (Å²) >= 11 is 0. The molecule has 0 saturated heterocycles. The van der Waals surface area contributed by atoms with Crippen LogP contribution in [0.5, 0.6) is 0 Å². The van der Waals surface area contributed by atoms with Gasteiger partial charge in [-0.05, 0) is 25.0 Å². The number of pyridine rings is 1. The fourth-order valence-electron chi connectivity index (χ4n) is 3.76. The molecule has 0 spiro atoms. The van der Waals surface area contributed by atoms with Crippen molar-refractivity contribution >= 4 is 37.8 Å². The lowest BCUT2D eigenvalue weighted by Crippen LogP contribution is -2.33. The van der Waals surface area contributed by atoms with Gasteiger partial charge in [0.2, 0.25) is 5.43 Å². The number of aliphatic hydroxyl groups is 1. The van der Waals surface area contributed by atoms with Crippen LogP contribution in [-0.2, 0) is 54.4 Å². The molecule has 0 amide bonds. The van der Waals surface area contributed by atoms with Crippen LogP contribution in [0.25, 0.3) is 10.9 Å². The molecule has 40 heavy (non-hydrogen) atoms. The van der Waals surface area contributed by atoms with E-state index in [2.05, 4.69) is 43.6 Å². The highest BCUT2D eigenvalue weighted by molar-refractivity contribution is 7.73. The molecule has 0 atom stereocenters. The number of aromatic nitrogens is 1. The number of carboxylic acid groups (broad SMARTS) is 1. The Morgan fingerprint density at radius 2 is 1.50 bits per heavy atom. The van der Waals surface area contributed by atoms with Crippen LogP contribution in [0.3, 0.4) is 0 Å². The first-order chi connectivity index (χ1) is 18.8. The second-order valence-electron chi connectivity index (χ2n) is 8.11. The van der Waals surface area contributed by atoms with Gasteiger partial charge in [0.1, 0.15) is 11.4 Å². The van der Waals surface area contributed by atoms with Gasteiger partial charge in [-0.2, -0.15) is 0 Å². The van der Waals surface area contributed by atoms with Crippen molar-refractivity contribution in [3.05, 3.63) is 39.9 Å². The summed E-state index contributed by atoms with van der Waals surface area (Å²) in [5.74, 6) is -2.19. The molecule has 2 rings (SSSR count). The van der Waals surface area contributed by atoms with Crippen molar-refractivity contribution in [1.29, 1.82) is 0 Å². The summed E-state index contributed by atoms with van der Waals surface area (Å²) in [6.45, 7) is 0.198. The Morgan fingerprint density at radius 1 is 0.975 bits per heavy atom. The maximum absolute atomic E-state index is 14.7. The third-order valence-electron chi connectivity index (χ3n) is 5.58. The van der Waals surface area contributed by atoms with E-state index < -0.39 is 49.5 Å². The van der Waals surface area contributed by atoms with Gasteiger partial charge in [0, 0.05) is 31.6 Å². The molecule has 0 unspecified atom stereocenters. The van der Waals surface area contributed by atoms with E-state index in [9.17, 15) is 33.3 Å². The number of nitrogens with zero attached hydrogens (tertiary/aromatic N) is 1. The molecule has 0 fully saturated rings. The SMILES string of the molecule is COOP(=O)(OOC)C(O)(CCCCCNc1cc2c(cc1F)c(=O)c(C(=O)O)cn2C)P(=O)(OOC)OOC. The maximum atomic E-state index is 14.7. The third-order valence-corrected chi connectivity index (χ3v) is 10.6. The van der Waals surface area contributed by atoms with Crippen molar-refractivity contribution in [2.75, 3.05) is 40.3 Å². The van der Waals surface area contributed by atoms with Gasteiger partial charge in [-0.1, -0.05) is 6.42 Å². The Morgan fingerprint density at radius 3 is 1.98 bits per heavy atom. The lowest BCUT2D eigenvalue weighted by atomic mass is 10.1. The molecule has 3 N–H and O–H groups in total. The van der Waals surface area contributed by atoms with Crippen LogP contribution in [0.4, 0.5) is 10.1 Å². The molecular formula is C21H31FN2O14P2. The van der Waals surface area contributed by atoms with Crippen molar-refractivity contribution in [3.63, 3.8) is 0 Å². The molecule has 0 aliphatic heterocycles. The van der Waals surface area contributed by atoms with Gasteiger partial charge in [0.15, 0.2) is 0 Å². The summed E-state index contributed by atoms with van der Waals surface area (Å²) in [7, 11) is -4.61. The monoisotopic (exact) mass is 616 g/mol. The summed E-state index contributed by atoms with van der Waals surface area (Å²) in [6, 6.07) is 2.33. The average Bonchev–Trinajstić information content (AvgIpc) is 2.88. The highest BCUT2D eigenvalue weighted by atomic mass is 31.2. The summed E-state index contributed by atoms with van der Waals surface area (Å²) in [5, 5.41) is 20.2. The van der Waals surface area contributed by atoms with Crippen molar-refractivity contribution < 1.29 is 66.8 Å². The van der Waals surface area contributed by atoms with Crippen LogP contribution in [0.1, 0.15) is 36.0 Å². The number of anilines is 1. The molecule has 0 radical (unpaired) electrons. The van der Waals surface area contributed by atoms with Gasteiger partial charge < -0.3 is 20.1 Å². The van der Waals surface area contributed by atoms with Crippen LogP contribution in [0.15, 0.2) is 23.1 Å². The molecule has 0 aliphatic rings. The summed E-state index contributed by atoms with van der Waals surface area (Å²) in [4.78, 5) is 41.2. The smallest absolute Gasteiger partial charge is 0.428 e. The first-order valence-corrected chi connectivity index (χ1v) is 14.6. The molecule has 16 nitrogen and oxygen atoms in total. The van der Waals surface area contributed by atoms with Crippen LogP contribution in [-0.4, -0.2) is 60.8 Å². The lowest BCUT2D eigenvalue weighted by Gasteiger charge is -2.34. The molecule has 19 heteroatoms. The number of aryl methyl sites for hydroxylation is 1. The van der Waals surface area contributed by atoms with Gasteiger partial charge in [0.05, 0.1) is 39.6 Å². The first-order valence-electron chi connectivity index (χ1n) is 11.5. The number of fused-ring (bicyclic) bond motifs is 1. The van der Waals surface area contributed by atoms with Crippen molar-refractivity contribution in [2.45, 2.75) is 30.8 Å². The second kappa shape index (κ2) is 14.6. The summed E-state index contributed by atoms with van der Waals surface area (Å²) in [6.07, 6.45) is 1.21. The van der Waals surface area contributed by atoms with Gasteiger partial charge in [-0.3, -0.25) is 13.9 Å². The largest absolute Gasteiger partial charge is 0.477 e. The quantitative estimate of drug-likeness (QED) is 0.0947. The van der Waals surface area contributed by atoms with Crippen molar-refractivity contribution in [1.82, 2.24) is 4.57 Å². The van der Waals surface area contributed by atoms with Crippen LogP contribution >= 0.6 is 15.2 Å². The summed E-state index contributed by atoms with van der Waals surface area (Å²) < 4.78 is 61.1. The minimum Gasteiger partial charge on any atom is -0.477 e. The second-order valence-corrected chi connectivity index (χ2v) is 12.5. The molecule has 0 saturated carbocycles. The first kappa shape index (κ1) is 33.9. The topological polar surface area (TPSA) is 200 Å². The number of carbonyl (C=O) groups is 1. The van der Waals surface area contributed by atoms with E-state index in [4.69, 9.17) is 0 Å². The van der Waals surface area contributed by atoms with E-state index >= 15 is 0 Å². The predicted octanol–water partition coefficient (Wildman–Crippen LogP) is 3.69. The van der Waals surface area contributed by atoms with Crippen molar-refractivity contribution in [3.8, 4) is 0 Å². The molecule has 2 aromatic rings. The highest BCUT2D eigenvalue weighted by Gasteiger charge is 2.68. The zero-order chi connectivity index (χ0) is 30.1. The van der Waals surface area contributed by atoms with Crippen molar-refractivity contribution in [2.24, 2.45) is 7.05 Å². The highest BCUT2D eigenvalue weighted by Crippen LogP contribution is 2.78. The number of benzene rings is 1. The number of hydrogen-bond acceptors (Lipinski definition) is 14. The Bertz CT molecular complexity index is 1290. The Balaban J connectivity index is 2.16. The van der Waals surface area contributed by atoms with E-state index in [1.54, 1.807) is 0 Å². The lowest BCUT2D eigenvalue weighted by molar-refractivity contribution is -0.264. The van der Waals surface area contributed by atoms with Gasteiger partial charge in [0.25, 0.3) is 5.08 Å². The van der Waals surface area contributed by atoms with Crippen LogP contribution in [0.2, 0.25) is 0 Å². The number of carboxylic acids is 1. The minimum atomic E-state index is -4.97. The zero-order valence-corrected chi connectivity index (χ0v) is 24.1. The number of aromatic carboxylic acids is 1. The van der Waals surface area contributed by atoms with Gasteiger partial charge in [-0.15, -0.1) is 18.7 Å². The number of unbranched alkanes of at least 4 members (excludes halogenated alkanes) is 2. The van der Waals surface area contributed by atoms with Crippen LogP contribution in [0, 0.1) is 5.82 Å². The van der Waals surface area contributed by atoms with E-state index in [0.29, 0.717) is 11.9 Å². The number of rotatable bonds is 18. The minimum absolute atomic E-state index is 0.0130. The molecular weight excluding hydrogens is 585 g/mol. The molecule has 1 aromatic carbocycles. The summed E-state index contributed by atoms with van der Waals surface area (Å²) in [5.41, 5.74) is -0.927. The standard InChI is InChI=1S/C21H31FN2O14P2/c1-24-13-15(20(26)27)19(25)14-11-16(22)17(12-18(14)24)23-10-8-6-7-9-21(28,39(29,35-31-2)36-32-3)40(30,37-33-4)38-34-5/h11-13,23,28H,6-10H2,1-5H3,(H,26,27).